The van der Waals surface area contributed by atoms with Crippen molar-refractivity contribution >= 4 is 34.2 Å². The number of carbonyl (C=O) groups is 1. The van der Waals surface area contributed by atoms with Gasteiger partial charge in [-0.2, -0.15) is 0 Å². The van der Waals surface area contributed by atoms with Gasteiger partial charge >= 0.3 is 6.03 Å². The number of nitrogens with zero attached hydrogens (tertiary/aromatic N) is 2. The Labute approximate surface area is 222 Å². The summed E-state index contributed by atoms with van der Waals surface area (Å²) < 4.78 is 36.6. The zero-order valence-electron chi connectivity index (χ0n) is 20.6. The molecule has 1 aliphatic rings. The van der Waals surface area contributed by atoms with Crippen LogP contribution in [0.5, 0.6) is 28.9 Å². The van der Waals surface area contributed by atoms with E-state index >= 15 is 0 Å². The third-order valence-corrected chi connectivity index (χ3v) is 6.08. The lowest BCUT2D eigenvalue weighted by molar-refractivity contribution is 0.165. The SMILES string of the molecule is CCOc1cc2ncnc(Oc3ccc(NC(=O)N[C@H](C)c4ccc(F)cc4)c(Cl)c3)c2c2c1OCCO2. The van der Waals surface area contributed by atoms with Gasteiger partial charge in [-0.05, 0) is 43.7 Å². The number of fused-ring (bicyclic) bond motifs is 3. The van der Waals surface area contributed by atoms with Crippen molar-refractivity contribution in [3.8, 4) is 28.9 Å². The van der Waals surface area contributed by atoms with Crippen molar-refractivity contribution in [2.24, 2.45) is 0 Å². The van der Waals surface area contributed by atoms with E-state index in [1.165, 1.54) is 18.5 Å². The largest absolute Gasteiger partial charge is 0.490 e. The highest BCUT2D eigenvalue weighted by Crippen LogP contribution is 2.48. The average Bonchev–Trinajstić information content (AvgIpc) is 2.91. The second kappa shape index (κ2) is 11.0. The van der Waals surface area contributed by atoms with E-state index in [2.05, 4.69) is 20.6 Å². The molecule has 2 amide bonds. The van der Waals surface area contributed by atoms with Crippen LogP contribution in [0.4, 0.5) is 14.9 Å². The van der Waals surface area contributed by atoms with Crippen molar-refractivity contribution in [1.82, 2.24) is 15.3 Å². The number of nitrogens with one attached hydrogen (secondary N) is 2. The number of rotatable bonds is 7. The van der Waals surface area contributed by atoms with Crippen molar-refractivity contribution in [2.75, 3.05) is 25.1 Å². The van der Waals surface area contributed by atoms with E-state index < -0.39 is 6.03 Å². The topological polar surface area (TPSA) is 104 Å². The lowest BCUT2D eigenvalue weighted by Crippen LogP contribution is -2.31. The standard InChI is InChI=1S/C27H24ClFN4O5/c1-3-35-22-13-21-23(25-24(22)36-10-11-37-25)26(31-14-30-21)38-18-8-9-20(19(28)12-18)33-27(34)32-15(2)16-4-6-17(29)7-5-16/h4-9,12-15H,3,10-11H2,1-2H3,(H2,32,33,34)/t15-/m1/s1. The molecule has 0 unspecified atom stereocenters. The molecule has 4 aromatic rings. The fraction of sp³-hybridized carbons (Fsp3) is 0.222. The maximum atomic E-state index is 13.2. The quantitative estimate of drug-likeness (QED) is 0.286. The Morgan fingerprint density at radius 3 is 2.61 bits per heavy atom. The molecule has 0 saturated carbocycles. The first-order chi connectivity index (χ1) is 18.4. The van der Waals surface area contributed by atoms with Gasteiger partial charge in [0.1, 0.15) is 36.5 Å². The smallest absolute Gasteiger partial charge is 0.319 e. The molecule has 196 valence electrons. The van der Waals surface area contributed by atoms with E-state index in [1.54, 1.807) is 43.3 Å². The van der Waals surface area contributed by atoms with Crippen molar-refractivity contribution in [3.05, 3.63) is 71.3 Å². The lowest BCUT2D eigenvalue weighted by Gasteiger charge is -2.23. The molecule has 0 aliphatic carbocycles. The van der Waals surface area contributed by atoms with Crippen molar-refractivity contribution in [2.45, 2.75) is 19.9 Å². The van der Waals surface area contributed by atoms with Crippen LogP contribution in [0.2, 0.25) is 5.02 Å². The molecule has 11 heteroatoms. The number of carbonyl (C=O) groups excluding carboxylic acids is 1. The average molecular weight is 539 g/mol. The summed E-state index contributed by atoms with van der Waals surface area (Å²) in [6, 6.07) is 11.7. The first-order valence-corrected chi connectivity index (χ1v) is 12.3. The molecule has 9 nitrogen and oxygen atoms in total. The van der Waals surface area contributed by atoms with Crippen molar-refractivity contribution in [1.29, 1.82) is 0 Å². The summed E-state index contributed by atoms with van der Waals surface area (Å²) in [5.41, 5.74) is 1.71. The highest BCUT2D eigenvalue weighted by molar-refractivity contribution is 6.33. The third-order valence-electron chi connectivity index (χ3n) is 5.76. The number of urea groups is 1. The summed E-state index contributed by atoms with van der Waals surface area (Å²) in [4.78, 5) is 21.1. The summed E-state index contributed by atoms with van der Waals surface area (Å²) in [6.45, 7) is 4.88. The molecule has 0 radical (unpaired) electrons. The van der Waals surface area contributed by atoms with E-state index in [9.17, 15) is 9.18 Å². The highest BCUT2D eigenvalue weighted by Gasteiger charge is 2.25. The summed E-state index contributed by atoms with van der Waals surface area (Å²) >= 11 is 6.44. The van der Waals surface area contributed by atoms with Gasteiger partial charge in [0.05, 0.1) is 28.9 Å². The van der Waals surface area contributed by atoms with Crippen molar-refractivity contribution < 1.29 is 28.1 Å². The van der Waals surface area contributed by atoms with Gasteiger partial charge in [-0.1, -0.05) is 23.7 Å². The molecule has 0 fully saturated rings. The van der Waals surface area contributed by atoms with Gasteiger partial charge in [-0.25, -0.2) is 19.2 Å². The number of anilines is 1. The van der Waals surface area contributed by atoms with Gasteiger partial charge in [0.15, 0.2) is 11.5 Å². The molecular formula is C27H24ClFN4O5. The zero-order valence-corrected chi connectivity index (χ0v) is 21.3. The van der Waals surface area contributed by atoms with Gasteiger partial charge < -0.3 is 29.6 Å². The van der Waals surface area contributed by atoms with E-state index in [0.717, 1.165) is 5.56 Å². The first-order valence-electron chi connectivity index (χ1n) is 11.9. The van der Waals surface area contributed by atoms with Crippen LogP contribution in [-0.2, 0) is 0 Å². The third kappa shape index (κ3) is 5.35. The molecule has 1 aliphatic heterocycles. The predicted molar refractivity (Wildman–Crippen MR) is 140 cm³/mol. The minimum Gasteiger partial charge on any atom is -0.490 e. The van der Waals surface area contributed by atoms with Gasteiger partial charge in [0.2, 0.25) is 11.6 Å². The predicted octanol–water partition coefficient (Wildman–Crippen LogP) is 6.27. The van der Waals surface area contributed by atoms with Crippen LogP contribution in [0.25, 0.3) is 10.9 Å². The summed E-state index contributed by atoms with van der Waals surface area (Å²) in [5.74, 6) is 1.76. The molecule has 1 atom stereocenters. The molecule has 0 bridgehead atoms. The van der Waals surface area contributed by atoms with Crippen LogP contribution in [-0.4, -0.2) is 35.8 Å². The maximum Gasteiger partial charge on any atom is 0.319 e. The van der Waals surface area contributed by atoms with Crippen LogP contribution in [0.15, 0.2) is 54.9 Å². The van der Waals surface area contributed by atoms with Gasteiger partial charge in [-0.15, -0.1) is 0 Å². The molecule has 2 heterocycles. The summed E-state index contributed by atoms with van der Waals surface area (Å²) in [5, 5.41) is 6.30. The molecule has 1 aromatic heterocycles. The molecular weight excluding hydrogens is 515 g/mol. The minimum absolute atomic E-state index is 0.252. The molecule has 38 heavy (non-hydrogen) atoms. The van der Waals surface area contributed by atoms with E-state index in [4.69, 9.17) is 30.5 Å². The molecule has 5 rings (SSSR count). The minimum atomic E-state index is -0.465. The van der Waals surface area contributed by atoms with Crippen LogP contribution in [0, 0.1) is 5.82 Å². The fourth-order valence-corrected chi connectivity index (χ4v) is 4.20. The van der Waals surface area contributed by atoms with E-state index in [-0.39, 0.29) is 22.8 Å². The van der Waals surface area contributed by atoms with Crippen LogP contribution in [0.1, 0.15) is 25.5 Å². The molecule has 0 spiro atoms. The maximum absolute atomic E-state index is 13.2. The Kier molecular flexibility index (Phi) is 7.32. The second-order valence-electron chi connectivity index (χ2n) is 8.35. The monoisotopic (exact) mass is 538 g/mol. The number of benzene rings is 3. The van der Waals surface area contributed by atoms with Gasteiger partial charge in [-0.3, -0.25) is 0 Å². The number of amides is 2. The Morgan fingerprint density at radius 1 is 1.11 bits per heavy atom. The Balaban J connectivity index is 1.34. The van der Waals surface area contributed by atoms with Crippen molar-refractivity contribution in [3.63, 3.8) is 0 Å². The number of aromatic nitrogens is 2. The number of hydrogen-bond acceptors (Lipinski definition) is 7. The first kappa shape index (κ1) is 25.3. The molecule has 2 N–H and O–H groups in total. The highest BCUT2D eigenvalue weighted by atomic mass is 35.5. The van der Waals surface area contributed by atoms with Gasteiger partial charge in [0.25, 0.3) is 0 Å². The van der Waals surface area contributed by atoms with E-state index in [1.807, 2.05) is 6.92 Å². The van der Waals surface area contributed by atoms with Crippen LogP contribution in [0.3, 0.4) is 0 Å². The second-order valence-corrected chi connectivity index (χ2v) is 8.76. The normalized spacial score (nSPS) is 13.1. The van der Waals surface area contributed by atoms with E-state index in [0.29, 0.717) is 59.4 Å². The Hall–Kier alpha value is -4.31. The Morgan fingerprint density at radius 2 is 1.87 bits per heavy atom. The van der Waals surface area contributed by atoms with Crippen LogP contribution < -0.4 is 29.6 Å². The molecule has 3 aromatic carbocycles. The molecule has 0 saturated heterocycles. The zero-order chi connectivity index (χ0) is 26.6. The fourth-order valence-electron chi connectivity index (χ4n) is 3.98. The summed E-state index contributed by atoms with van der Waals surface area (Å²) in [7, 11) is 0. The lowest BCUT2D eigenvalue weighted by atomic mass is 10.1. The van der Waals surface area contributed by atoms with Gasteiger partial charge in [0, 0.05) is 12.1 Å². The number of hydrogen-bond donors (Lipinski definition) is 2. The number of halogens is 2. The number of ether oxygens (including phenoxy) is 4. The van der Waals surface area contributed by atoms with Crippen LogP contribution >= 0.6 is 11.6 Å². The summed E-state index contributed by atoms with van der Waals surface area (Å²) in [6.07, 6.45) is 1.38. The Bertz CT molecular complexity index is 1490.